The molecule has 4 N–H and O–H groups in total. The lowest BCUT2D eigenvalue weighted by atomic mass is 10.0. The van der Waals surface area contributed by atoms with Crippen molar-refractivity contribution in [3.05, 3.63) is 41.5 Å². The van der Waals surface area contributed by atoms with Crippen LogP contribution in [0.25, 0.3) is 6.08 Å². The van der Waals surface area contributed by atoms with Gasteiger partial charge in [-0.1, -0.05) is 0 Å². The molecule has 0 saturated carbocycles. The van der Waals surface area contributed by atoms with Crippen molar-refractivity contribution < 1.29 is 10.2 Å². The van der Waals surface area contributed by atoms with Gasteiger partial charge in [-0.2, -0.15) is 0 Å². The Morgan fingerprint density at radius 2 is 1.86 bits per heavy atom. The zero-order valence-electron chi connectivity index (χ0n) is 17.7. The van der Waals surface area contributed by atoms with E-state index >= 15 is 0 Å². The van der Waals surface area contributed by atoms with E-state index in [2.05, 4.69) is 46.3 Å². The van der Waals surface area contributed by atoms with E-state index in [1.165, 1.54) is 6.33 Å². The average Bonchev–Trinajstić information content (AvgIpc) is 2.61. The van der Waals surface area contributed by atoms with Gasteiger partial charge in [0.1, 0.15) is 29.4 Å². The SMILES string of the molecule is CC(C)(C)Nc1nc(Nc2cc(C(C)(C)O)ncn2)cc2c1CN(CCO)C=C2. The minimum atomic E-state index is -1.06. The van der Waals surface area contributed by atoms with Gasteiger partial charge in [0, 0.05) is 36.5 Å². The molecule has 156 valence electrons. The molecule has 0 bridgehead atoms. The first-order valence-corrected chi connectivity index (χ1v) is 9.72. The maximum absolute atomic E-state index is 10.2. The van der Waals surface area contributed by atoms with E-state index in [-0.39, 0.29) is 12.1 Å². The molecular weight excluding hydrogens is 368 g/mol. The van der Waals surface area contributed by atoms with Crippen LogP contribution in [0.4, 0.5) is 17.5 Å². The van der Waals surface area contributed by atoms with Crippen LogP contribution < -0.4 is 10.6 Å². The summed E-state index contributed by atoms with van der Waals surface area (Å²) in [4.78, 5) is 15.2. The average molecular weight is 399 g/mol. The van der Waals surface area contributed by atoms with E-state index in [0.29, 0.717) is 30.4 Å². The van der Waals surface area contributed by atoms with Crippen molar-refractivity contribution in [3.8, 4) is 0 Å². The lowest BCUT2D eigenvalue weighted by Crippen LogP contribution is -2.30. The highest BCUT2D eigenvalue weighted by Crippen LogP contribution is 2.31. The molecule has 3 heterocycles. The molecule has 0 fully saturated rings. The molecule has 0 atom stereocenters. The molecule has 1 aliphatic heterocycles. The van der Waals surface area contributed by atoms with Crippen LogP contribution in [-0.2, 0) is 12.1 Å². The van der Waals surface area contributed by atoms with Crippen molar-refractivity contribution >= 4 is 23.5 Å². The third-order valence-electron chi connectivity index (χ3n) is 4.42. The van der Waals surface area contributed by atoms with E-state index in [1.54, 1.807) is 19.9 Å². The van der Waals surface area contributed by atoms with Gasteiger partial charge in [0.05, 0.1) is 12.3 Å². The molecule has 0 radical (unpaired) electrons. The Kier molecular flexibility index (Phi) is 5.77. The Morgan fingerprint density at radius 1 is 1.10 bits per heavy atom. The number of aromatic nitrogens is 3. The van der Waals surface area contributed by atoms with Crippen molar-refractivity contribution in [1.29, 1.82) is 0 Å². The van der Waals surface area contributed by atoms with Gasteiger partial charge in [0.2, 0.25) is 0 Å². The predicted molar refractivity (Wildman–Crippen MR) is 115 cm³/mol. The summed E-state index contributed by atoms with van der Waals surface area (Å²) in [6.07, 6.45) is 5.44. The Balaban J connectivity index is 1.96. The topological polar surface area (TPSA) is 106 Å². The van der Waals surface area contributed by atoms with Crippen molar-refractivity contribution in [2.24, 2.45) is 0 Å². The summed E-state index contributed by atoms with van der Waals surface area (Å²) < 4.78 is 0. The van der Waals surface area contributed by atoms with Crippen LogP contribution in [0.15, 0.2) is 24.7 Å². The number of aliphatic hydroxyl groups is 2. The molecule has 0 spiro atoms. The number of nitrogens with zero attached hydrogens (tertiary/aromatic N) is 4. The molecule has 8 heteroatoms. The minimum Gasteiger partial charge on any atom is -0.395 e. The molecule has 0 saturated heterocycles. The Morgan fingerprint density at radius 3 is 2.52 bits per heavy atom. The van der Waals surface area contributed by atoms with Gasteiger partial charge >= 0.3 is 0 Å². The first-order valence-electron chi connectivity index (χ1n) is 9.72. The molecule has 8 nitrogen and oxygen atoms in total. The third kappa shape index (κ3) is 5.42. The number of hydrogen-bond donors (Lipinski definition) is 4. The van der Waals surface area contributed by atoms with Gasteiger partial charge in [0.15, 0.2) is 0 Å². The second-order valence-electron chi connectivity index (χ2n) is 8.78. The normalized spacial score (nSPS) is 14.0. The monoisotopic (exact) mass is 398 g/mol. The maximum Gasteiger partial charge on any atom is 0.135 e. The van der Waals surface area contributed by atoms with Gasteiger partial charge in [-0.05, 0) is 52.3 Å². The molecule has 3 rings (SSSR count). The molecule has 2 aromatic heterocycles. The molecule has 2 aromatic rings. The number of pyridine rings is 1. The van der Waals surface area contributed by atoms with Crippen LogP contribution in [0.2, 0.25) is 0 Å². The molecule has 1 aliphatic rings. The second-order valence-corrected chi connectivity index (χ2v) is 8.78. The van der Waals surface area contributed by atoms with E-state index in [1.807, 2.05) is 18.3 Å². The highest BCUT2D eigenvalue weighted by atomic mass is 16.3. The number of nitrogens with one attached hydrogen (secondary N) is 2. The quantitative estimate of drug-likeness (QED) is 0.589. The van der Waals surface area contributed by atoms with Crippen LogP contribution in [0.1, 0.15) is 51.4 Å². The number of β-amino-alcohol motifs (C(OH)–C–C–N with tert-alkyl or cyclic N) is 1. The van der Waals surface area contributed by atoms with Crippen molar-refractivity contribution in [2.45, 2.75) is 52.3 Å². The number of hydrogen-bond acceptors (Lipinski definition) is 8. The summed E-state index contributed by atoms with van der Waals surface area (Å²) >= 11 is 0. The van der Waals surface area contributed by atoms with Crippen LogP contribution in [0, 0.1) is 0 Å². The second kappa shape index (κ2) is 7.96. The van der Waals surface area contributed by atoms with Crippen molar-refractivity contribution in [3.63, 3.8) is 0 Å². The number of aliphatic hydroxyl groups excluding tert-OH is 1. The first-order chi connectivity index (χ1) is 13.5. The molecular formula is C21H30N6O2. The van der Waals surface area contributed by atoms with E-state index in [4.69, 9.17) is 4.98 Å². The van der Waals surface area contributed by atoms with Gasteiger partial charge < -0.3 is 25.7 Å². The predicted octanol–water partition coefficient (Wildman–Crippen LogP) is 2.83. The van der Waals surface area contributed by atoms with Crippen LogP contribution in [0.5, 0.6) is 0 Å². The van der Waals surface area contributed by atoms with Gasteiger partial charge in [-0.3, -0.25) is 0 Å². The fourth-order valence-corrected chi connectivity index (χ4v) is 3.04. The van der Waals surface area contributed by atoms with Crippen LogP contribution in [0.3, 0.4) is 0 Å². The highest BCUT2D eigenvalue weighted by molar-refractivity contribution is 5.69. The van der Waals surface area contributed by atoms with E-state index in [0.717, 1.165) is 16.9 Å². The van der Waals surface area contributed by atoms with E-state index in [9.17, 15) is 10.2 Å². The highest BCUT2D eigenvalue weighted by Gasteiger charge is 2.22. The van der Waals surface area contributed by atoms with Crippen LogP contribution in [-0.4, -0.2) is 48.8 Å². The summed E-state index contributed by atoms with van der Waals surface area (Å²) in [7, 11) is 0. The third-order valence-corrected chi connectivity index (χ3v) is 4.42. The summed E-state index contributed by atoms with van der Waals surface area (Å²) in [5.74, 6) is 2.01. The maximum atomic E-state index is 10.2. The molecule has 29 heavy (non-hydrogen) atoms. The first kappa shape index (κ1) is 21.0. The zero-order valence-corrected chi connectivity index (χ0v) is 17.7. The molecule has 0 aromatic carbocycles. The van der Waals surface area contributed by atoms with Crippen LogP contribution >= 0.6 is 0 Å². The number of fused-ring (bicyclic) bond motifs is 1. The van der Waals surface area contributed by atoms with Gasteiger partial charge in [-0.25, -0.2) is 15.0 Å². The molecule has 0 unspecified atom stereocenters. The lowest BCUT2D eigenvalue weighted by molar-refractivity contribution is 0.0737. The smallest absolute Gasteiger partial charge is 0.135 e. The zero-order chi connectivity index (χ0) is 21.2. The largest absolute Gasteiger partial charge is 0.395 e. The van der Waals surface area contributed by atoms with E-state index < -0.39 is 5.60 Å². The summed E-state index contributed by atoms with van der Waals surface area (Å²) in [5, 5.41) is 26.2. The fourth-order valence-electron chi connectivity index (χ4n) is 3.04. The summed E-state index contributed by atoms with van der Waals surface area (Å²) in [6.45, 7) is 11.0. The standard InChI is InChI=1S/C21H30N6O2/c1-20(2,3)26-19-15-12-27(8-9-28)7-6-14(15)10-18(25-19)24-17-11-16(21(4,5)29)22-13-23-17/h6-7,10-11,13,28-29H,8-9,12H2,1-5H3,(H2,22,23,24,25,26). The lowest BCUT2D eigenvalue weighted by Gasteiger charge is -2.29. The number of rotatable bonds is 6. The van der Waals surface area contributed by atoms with Gasteiger partial charge in [-0.15, -0.1) is 0 Å². The molecule has 0 aliphatic carbocycles. The Labute approximate surface area is 171 Å². The summed E-state index contributed by atoms with van der Waals surface area (Å²) in [5.41, 5.74) is 1.45. The minimum absolute atomic E-state index is 0.103. The fraction of sp³-hybridized carbons (Fsp3) is 0.476. The Bertz CT molecular complexity index is 899. The Hall–Kier alpha value is -2.71. The van der Waals surface area contributed by atoms with Gasteiger partial charge in [0.25, 0.3) is 0 Å². The summed E-state index contributed by atoms with van der Waals surface area (Å²) in [6, 6.07) is 3.69. The molecule has 0 amide bonds. The number of anilines is 3. The van der Waals surface area contributed by atoms with Crippen molar-refractivity contribution in [2.75, 3.05) is 23.8 Å². The van der Waals surface area contributed by atoms with Crippen molar-refractivity contribution in [1.82, 2.24) is 19.9 Å².